The zero-order valence-corrected chi connectivity index (χ0v) is 11.9. The normalized spacial score (nSPS) is 11.4. The zero-order chi connectivity index (χ0) is 14.5. The number of aliphatic carboxylic acids is 1. The van der Waals surface area contributed by atoms with Crippen molar-refractivity contribution >= 4 is 16.9 Å². The van der Waals surface area contributed by atoms with Crippen LogP contribution in [0.5, 0.6) is 0 Å². The number of benzene rings is 1. The highest BCUT2D eigenvalue weighted by Gasteiger charge is 2.12. The molecule has 0 spiro atoms. The maximum absolute atomic E-state index is 10.7. The van der Waals surface area contributed by atoms with Crippen molar-refractivity contribution in [1.82, 2.24) is 9.88 Å². The van der Waals surface area contributed by atoms with E-state index in [4.69, 9.17) is 5.11 Å². The number of hydrogen-bond donors (Lipinski definition) is 1. The minimum absolute atomic E-state index is 0.158. The number of pyridine rings is 1. The highest BCUT2D eigenvalue weighted by molar-refractivity contribution is 5.78. The average Bonchev–Trinajstić information content (AvgIpc) is 2.42. The van der Waals surface area contributed by atoms with Gasteiger partial charge in [-0.1, -0.05) is 24.3 Å². The minimum atomic E-state index is -0.762. The van der Waals surface area contributed by atoms with Crippen LogP contribution < -0.4 is 0 Å². The van der Waals surface area contributed by atoms with E-state index in [1.807, 2.05) is 30.3 Å². The van der Waals surface area contributed by atoms with E-state index in [2.05, 4.69) is 29.8 Å². The fourth-order valence-electron chi connectivity index (χ4n) is 2.16. The minimum Gasteiger partial charge on any atom is -0.481 e. The largest absolute Gasteiger partial charge is 0.481 e. The predicted octanol–water partition coefficient (Wildman–Crippen LogP) is 2.92. The highest BCUT2D eigenvalue weighted by atomic mass is 16.4. The Bertz CT molecular complexity index is 596. The van der Waals surface area contributed by atoms with Crippen molar-refractivity contribution in [3.8, 4) is 0 Å². The van der Waals surface area contributed by atoms with Crippen LogP contribution in [0.2, 0.25) is 0 Å². The molecule has 1 aromatic carbocycles. The summed E-state index contributed by atoms with van der Waals surface area (Å²) in [5.74, 6) is -0.762. The van der Waals surface area contributed by atoms with Gasteiger partial charge in [0.2, 0.25) is 0 Å². The smallest absolute Gasteiger partial charge is 0.304 e. The lowest BCUT2D eigenvalue weighted by atomic mass is 10.2. The van der Waals surface area contributed by atoms with Crippen LogP contribution in [0.3, 0.4) is 0 Å². The first-order valence-electron chi connectivity index (χ1n) is 6.87. The highest BCUT2D eigenvalue weighted by Crippen LogP contribution is 2.14. The predicted molar refractivity (Wildman–Crippen MR) is 79.5 cm³/mol. The molecule has 0 bridgehead atoms. The van der Waals surface area contributed by atoms with Crippen molar-refractivity contribution in [2.75, 3.05) is 6.54 Å². The molecular weight excluding hydrogens is 252 g/mol. The number of fused-ring (bicyclic) bond motifs is 1. The summed E-state index contributed by atoms with van der Waals surface area (Å²) < 4.78 is 0. The van der Waals surface area contributed by atoms with Gasteiger partial charge >= 0.3 is 5.97 Å². The summed E-state index contributed by atoms with van der Waals surface area (Å²) in [7, 11) is 0. The van der Waals surface area contributed by atoms with E-state index in [0.29, 0.717) is 19.1 Å². The second kappa shape index (κ2) is 6.48. The lowest BCUT2D eigenvalue weighted by Crippen LogP contribution is -2.32. The number of carboxylic acids is 1. The van der Waals surface area contributed by atoms with Gasteiger partial charge in [-0.25, -0.2) is 0 Å². The van der Waals surface area contributed by atoms with Gasteiger partial charge in [-0.05, 0) is 26.0 Å². The third kappa shape index (κ3) is 3.78. The van der Waals surface area contributed by atoms with E-state index in [1.165, 1.54) is 0 Å². The molecule has 20 heavy (non-hydrogen) atoms. The first-order chi connectivity index (χ1) is 9.56. The molecule has 0 atom stereocenters. The number of carbonyl (C=O) groups is 1. The first kappa shape index (κ1) is 14.5. The second-order valence-electron chi connectivity index (χ2n) is 5.20. The Hall–Kier alpha value is -1.94. The van der Waals surface area contributed by atoms with Crippen molar-refractivity contribution in [2.45, 2.75) is 32.9 Å². The summed E-state index contributed by atoms with van der Waals surface area (Å²) in [5.41, 5.74) is 1.95. The van der Waals surface area contributed by atoms with Gasteiger partial charge in [-0.15, -0.1) is 0 Å². The van der Waals surface area contributed by atoms with Gasteiger partial charge in [-0.3, -0.25) is 14.7 Å². The molecule has 0 saturated heterocycles. The maximum atomic E-state index is 10.7. The van der Waals surface area contributed by atoms with Gasteiger partial charge in [-0.2, -0.15) is 0 Å². The standard InChI is InChI=1S/C16H20N2O2/c1-12(2)18(10-9-16(19)20)11-14-8-7-13-5-3-4-6-15(13)17-14/h3-8,12H,9-11H2,1-2H3,(H,19,20). The Morgan fingerprint density at radius 2 is 2.00 bits per heavy atom. The molecule has 0 amide bonds. The number of carboxylic acid groups (broad SMARTS) is 1. The van der Waals surface area contributed by atoms with Crippen molar-refractivity contribution in [1.29, 1.82) is 0 Å². The summed E-state index contributed by atoms with van der Waals surface area (Å²) in [6.07, 6.45) is 0.158. The monoisotopic (exact) mass is 272 g/mol. The van der Waals surface area contributed by atoms with Crippen LogP contribution in [0.25, 0.3) is 10.9 Å². The van der Waals surface area contributed by atoms with Crippen molar-refractivity contribution in [3.63, 3.8) is 0 Å². The van der Waals surface area contributed by atoms with E-state index in [1.54, 1.807) is 0 Å². The van der Waals surface area contributed by atoms with E-state index < -0.39 is 5.97 Å². The van der Waals surface area contributed by atoms with Gasteiger partial charge < -0.3 is 5.11 Å². The van der Waals surface area contributed by atoms with E-state index in [9.17, 15) is 4.79 Å². The Morgan fingerprint density at radius 1 is 1.25 bits per heavy atom. The molecule has 0 fully saturated rings. The fraction of sp³-hybridized carbons (Fsp3) is 0.375. The van der Waals surface area contributed by atoms with Gasteiger partial charge in [0.15, 0.2) is 0 Å². The molecule has 2 aromatic rings. The molecule has 0 radical (unpaired) electrons. The Morgan fingerprint density at radius 3 is 2.70 bits per heavy atom. The van der Waals surface area contributed by atoms with Crippen molar-refractivity contribution in [2.24, 2.45) is 0 Å². The van der Waals surface area contributed by atoms with Crippen LogP contribution in [0.1, 0.15) is 26.0 Å². The van der Waals surface area contributed by atoms with Gasteiger partial charge in [0.25, 0.3) is 0 Å². The summed E-state index contributed by atoms with van der Waals surface area (Å²) >= 11 is 0. The third-order valence-corrected chi connectivity index (χ3v) is 3.36. The summed E-state index contributed by atoms with van der Waals surface area (Å²) in [4.78, 5) is 17.5. The van der Waals surface area contributed by atoms with Gasteiger partial charge in [0.1, 0.15) is 0 Å². The molecule has 4 nitrogen and oxygen atoms in total. The third-order valence-electron chi connectivity index (χ3n) is 3.36. The van der Waals surface area contributed by atoms with Crippen LogP contribution >= 0.6 is 0 Å². The molecule has 2 rings (SSSR count). The van der Waals surface area contributed by atoms with Crippen LogP contribution in [0.15, 0.2) is 36.4 Å². The quantitative estimate of drug-likeness (QED) is 0.878. The van der Waals surface area contributed by atoms with Gasteiger partial charge in [0.05, 0.1) is 17.6 Å². The Kier molecular flexibility index (Phi) is 4.69. The molecule has 0 aliphatic rings. The summed E-state index contributed by atoms with van der Waals surface area (Å²) in [6, 6.07) is 12.4. The fourth-order valence-corrected chi connectivity index (χ4v) is 2.16. The van der Waals surface area contributed by atoms with Crippen LogP contribution in [0.4, 0.5) is 0 Å². The van der Waals surface area contributed by atoms with E-state index >= 15 is 0 Å². The zero-order valence-electron chi connectivity index (χ0n) is 11.9. The number of hydrogen-bond acceptors (Lipinski definition) is 3. The molecule has 1 heterocycles. The molecule has 1 N–H and O–H groups in total. The second-order valence-corrected chi connectivity index (χ2v) is 5.20. The van der Waals surface area contributed by atoms with Crippen LogP contribution in [-0.4, -0.2) is 33.5 Å². The average molecular weight is 272 g/mol. The number of aromatic nitrogens is 1. The SMILES string of the molecule is CC(C)N(CCC(=O)O)Cc1ccc2ccccc2n1. The summed E-state index contributed by atoms with van der Waals surface area (Å²) in [6.45, 7) is 5.36. The lowest BCUT2D eigenvalue weighted by molar-refractivity contribution is -0.137. The molecule has 1 aromatic heterocycles. The lowest BCUT2D eigenvalue weighted by Gasteiger charge is -2.25. The van der Waals surface area contributed by atoms with Crippen LogP contribution in [-0.2, 0) is 11.3 Å². The van der Waals surface area contributed by atoms with Gasteiger partial charge in [0, 0.05) is 24.5 Å². The molecular formula is C16H20N2O2. The van der Waals surface area contributed by atoms with Crippen LogP contribution in [0, 0.1) is 0 Å². The molecule has 106 valence electrons. The van der Waals surface area contributed by atoms with Crippen molar-refractivity contribution in [3.05, 3.63) is 42.1 Å². The van der Waals surface area contributed by atoms with E-state index in [0.717, 1.165) is 16.6 Å². The Balaban J connectivity index is 2.13. The summed E-state index contributed by atoms with van der Waals surface area (Å²) in [5, 5.41) is 9.93. The maximum Gasteiger partial charge on any atom is 0.304 e. The molecule has 0 aliphatic carbocycles. The number of rotatable bonds is 6. The van der Waals surface area contributed by atoms with E-state index in [-0.39, 0.29) is 6.42 Å². The number of nitrogens with zero attached hydrogens (tertiary/aromatic N) is 2. The Labute approximate surface area is 119 Å². The number of para-hydroxylation sites is 1. The molecule has 0 aliphatic heterocycles. The topological polar surface area (TPSA) is 53.4 Å². The molecule has 0 saturated carbocycles. The van der Waals surface area contributed by atoms with Crippen molar-refractivity contribution < 1.29 is 9.90 Å². The first-order valence-corrected chi connectivity index (χ1v) is 6.87. The molecule has 4 heteroatoms. The molecule has 0 unspecified atom stereocenters.